The first kappa shape index (κ1) is 14.5. The molecular weight excluding hydrogens is 248 g/mol. The summed E-state index contributed by atoms with van der Waals surface area (Å²) in [6.45, 7) is 4.96. The quantitative estimate of drug-likeness (QED) is 0.873. The lowest BCUT2D eigenvalue weighted by Gasteiger charge is -2.21. The Morgan fingerprint density at radius 3 is 2.55 bits per heavy atom. The van der Waals surface area contributed by atoms with E-state index in [1.807, 2.05) is 44.4 Å². The molecule has 1 aromatic heterocycles. The molecule has 0 saturated carbocycles. The molecule has 0 amide bonds. The molecule has 106 valence electrons. The highest BCUT2D eigenvalue weighted by atomic mass is 16.5. The van der Waals surface area contributed by atoms with Gasteiger partial charge in [-0.15, -0.1) is 0 Å². The van der Waals surface area contributed by atoms with Crippen molar-refractivity contribution in [1.29, 1.82) is 0 Å². The van der Waals surface area contributed by atoms with Gasteiger partial charge in [-0.1, -0.05) is 30.3 Å². The average molecular weight is 270 g/mol. The minimum atomic E-state index is 0.0465. The predicted octanol–water partition coefficient (Wildman–Crippen LogP) is 3.43. The molecule has 1 unspecified atom stereocenters. The molecule has 0 radical (unpaired) electrons. The zero-order chi connectivity index (χ0) is 14.4. The van der Waals surface area contributed by atoms with Crippen molar-refractivity contribution in [2.24, 2.45) is 0 Å². The van der Waals surface area contributed by atoms with E-state index in [0.717, 1.165) is 30.0 Å². The molecule has 2 rings (SSSR count). The summed E-state index contributed by atoms with van der Waals surface area (Å²) >= 11 is 0. The van der Waals surface area contributed by atoms with Crippen molar-refractivity contribution in [3.05, 3.63) is 59.4 Å². The first-order valence-corrected chi connectivity index (χ1v) is 7.00. The lowest BCUT2D eigenvalue weighted by molar-refractivity contribution is 0.191. The van der Waals surface area contributed by atoms with Gasteiger partial charge >= 0.3 is 0 Å². The van der Waals surface area contributed by atoms with E-state index in [9.17, 15) is 0 Å². The zero-order valence-electron chi connectivity index (χ0n) is 12.4. The van der Waals surface area contributed by atoms with Crippen molar-refractivity contribution < 1.29 is 4.74 Å². The number of ether oxygens (including phenoxy) is 1. The average Bonchev–Trinajstić information content (AvgIpc) is 2.47. The number of aromatic nitrogens is 1. The van der Waals surface area contributed by atoms with Crippen molar-refractivity contribution in [3.63, 3.8) is 0 Å². The molecule has 1 atom stereocenters. The first-order valence-electron chi connectivity index (χ1n) is 7.00. The topological polar surface area (TPSA) is 34.1 Å². The summed E-state index contributed by atoms with van der Waals surface area (Å²) in [5.41, 5.74) is 3.27. The van der Waals surface area contributed by atoms with E-state index in [1.54, 1.807) is 0 Å². The van der Waals surface area contributed by atoms with Crippen LogP contribution in [0.15, 0.2) is 42.6 Å². The van der Waals surface area contributed by atoms with E-state index >= 15 is 0 Å². The van der Waals surface area contributed by atoms with Crippen LogP contribution in [0.4, 0.5) is 0 Å². The van der Waals surface area contributed by atoms with Gasteiger partial charge in [0.25, 0.3) is 0 Å². The largest absolute Gasteiger partial charge is 0.484 e. The van der Waals surface area contributed by atoms with E-state index in [2.05, 4.69) is 29.4 Å². The third kappa shape index (κ3) is 3.58. The fourth-order valence-electron chi connectivity index (χ4n) is 2.24. The lowest BCUT2D eigenvalue weighted by Crippen LogP contribution is -2.17. The second-order valence-corrected chi connectivity index (χ2v) is 4.95. The minimum Gasteiger partial charge on any atom is -0.484 e. The third-order valence-electron chi connectivity index (χ3n) is 3.37. The van der Waals surface area contributed by atoms with Gasteiger partial charge in [-0.2, -0.15) is 0 Å². The highest BCUT2D eigenvalue weighted by molar-refractivity contribution is 5.36. The number of benzene rings is 1. The van der Waals surface area contributed by atoms with Crippen molar-refractivity contribution in [3.8, 4) is 5.75 Å². The SMILES string of the molecule is CNCCC(Oc1c(C)ccnc1C)c1ccccc1. The van der Waals surface area contributed by atoms with Crippen molar-refractivity contribution >= 4 is 0 Å². The van der Waals surface area contributed by atoms with Gasteiger partial charge < -0.3 is 10.1 Å². The van der Waals surface area contributed by atoms with Gasteiger partial charge in [0.15, 0.2) is 0 Å². The van der Waals surface area contributed by atoms with Crippen molar-refractivity contribution in [1.82, 2.24) is 10.3 Å². The molecule has 0 bridgehead atoms. The Bertz CT molecular complexity index is 520. The van der Waals surface area contributed by atoms with Gasteiger partial charge in [0, 0.05) is 12.6 Å². The summed E-state index contributed by atoms with van der Waals surface area (Å²) in [6.07, 6.45) is 2.79. The van der Waals surface area contributed by atoms with Crippen LogP contribution in [-0.2, 0) is 0 Å². The number of aryl methyl sites for hydroxylation is 2. The highest BCUT2D eigenvalue weighted by Gasteiger charge is 2.15. The Balaban J connectivity index is 2.24. The predicted molar refractivity (Wildman–Crippen MR) is 82.1 cm³/mol. The van der Waals surface area contributed by atoms with Crippen LogP contribution in [-0.4, -0.2) is 18.6 Å². The highest BCUT2D eigenvalue weighted by Crippen LogP contribution is 2.28. The summed E-state index contributed by atoms with van der Waals surface area (Å²) < 4.78 is 6.26. The van der Waals surface area contributed by atoms with E-state index in [4.69, 9.17) is 4.74 Å². The molecule has 1 aromatic carbocycles. The van der Waals surface area contributed by atoms with E-state index < -0.39 is 0 Å². The first-order chi connectivity index (χ1) is 9.72. The molecule has 1 heterocycles. The molecule has 1 N–H and O–H groups in total. The third-order valence-corrected chi connectivity index (χ3v) is 3.37. The van der Waals surface area contributed by atoms with Crippen LogP contribution in [0.25, 0.3) is 0 Å². The number of nitrogens with one attached hydrogen (secondary N) is 1. The molecule has 20 heavy (non-hydrogen) atoms. The summed E-state index contributed by atoms with van der Waals surface area (Å²) in [4.78, 5) is 4.33. The summed E-state index contributed by atoms with van der Waals surface area (Å²) in [5.74, 6) is 0.900. The monoisotopic (exact) mass is 270 g/mol. The number of nitrogens with zero attached hydrogens (tertiary/aromatic N) is 1. The molecule has 0 fully saturated rings. The Morgan fingerprint density at radius 1 is 1.15 bits per heavy atom. The molecule has 3 heteroatoms. The Labute approximate surface area is 121 Å². The van der Waals surface area contributed by atoms with Crippen LogP contribution >= 0.6 is 0 Å². The molecule has 2 aromatic rings. The lowest BCUT2D eigenvalue weighted by atomic mass is 10.1. The van der Waals surface area contributed by atoms with E-state index in [-0.39, 0.29) is 6.10 Å². The normalized spacial score (nSPS) is 12.2. The summed E-state index contributed by atoms with van der Waals surface area (Å²) in [5, 5.41) is 3.19. The smallest absolute Gasteiger partial charge is 0.144 e. The van der Waals surface area contributed by atoms with Gasteiger partial charge in [0.05, 0.1) is 5.69 Å². The van der Waals surface area contributed by atoms with E-state index in [0.29, 0.717) is 0 Å². The Morgan fingerprint density at radius 2 is 1.90 bits per heavy atom. The zero-order valence-corrected chi connectivity index (χ0v) is 12.4. The van der Waals surface area contributed by atoms with Gasteiger partial charge in [0.2, 0.25) is 0 Å². The van der Waals surface area contributed by atoms with Gasteiger partial charge in [-0.25, -0.2) is 0 Å². The fourth-order valence-corrected chi connectivity index (χ4v) is 2.24. The van der Waals surface area contributed by atoms with Gasteiger partial charge in [-0.05, 0) is 44.6 Å². The Kier molecular flexibility index (Phi) is 5.13. The van der Waals surface area contributed by atoms with Crippen LogP contribution in [0.1, 0.15) is 29.3 Å². The van der Waals surface area contributed by atoms with Crippen molar-refractivity contribution in [2.45, 2.75) is 26.4 Å². The molecule has 0 aliphatic heterocycles. The molecule has 0 aliphatic carbocycles. The fraction of sp³-hybridized carbons (Fsp3) is 0.353. The maximum absolute atomic E-state index is 6.26. The van der Waals surface area contributed by atoms with Gasteiger partial charge in [0.1, 0.15) is 11.9 Å². The number of hydrogen-bond acceptors (Lipinski definition) is 3. The number of hydrogen-bond donors (Lipinski definition) is 1. The van der Waals surface area contributed by atoms with Crippen molar-refractivity contribution in [2.75, 3.05) is 13.6 Å². The minimum absolute atomic E-state index is 0.0465. The second-order valence-electron chi connectivity index (χ2n) is 4.95. The van der Waals surface area contributed by atoms with E-state index in [1.165, 1.54) is 5.56 Å². The van der Waals surface area contributed by atoms with Crippen LogP contribution in [0.5, 0.6) is 5.75 Å². The molecule has 0 aliphatic rings. The molecule has 0 saturated heterocycles. The van der Waals surface area contributed by atoms with Crippen LogP contribution in [0.3, 0.4) is 0 Å². The maximum atomic E-state index is 6.26. The Hall–Kier alpha value is -1.87. The summed E-state index contributed by atoms with van der Waals surface area (Å²) in [6, 6.07) is 12.3. The molecule has 3 nitrogen and oxygen atoms in total. The van der Waals surface area contributed by atoms with Crippen LogP contribution in [0.2, 0.25) is 0 Å². The molecule has 0 spiro atoms. The van der Waals surface area contributed by atoms with Crippen LogP contribution < -0.4 is 10.1 Å². The van der Waals surface area contributed by atoms with Gasteiger partial charge in [-0.3, -0.25) is 4.98 Å². The van der Waals surface area contributed by atoms with Crippen LogP contribution in [0, 0.1) is 13.8 Å². The summed E-state index contributed by atoms with van der Waals surface area (Å²) in [7, 11) is 1.96. The standard InChI is InChI=1S/C17H22N2O/c1-13-9-12-19-14(2)17(13)20-16(10-11-18-3)15-7-5-4-6-8-15/h4-9,12,16,18H,10-11H2,1-3H3. The number of rotatable bonds is 6. The maximum Gasteiger partial charge on any atom is 0.144 e. The molecular formula is C17H22N2O. The number of pyridine rings is 1. The second kappa shape index (κ2) is 7.06.